The number of hydrogen-bond donors (Lipinski definition) is 2. The number of rotatable bonds is 4. The maximum absolute atomic E-state index is 11.9. The summed E-state index contributed by atoms with van der Waals surface area (Å²) in [7, 11) is 0. The van der Waals surface area contributed by atoms with Crippen LogP contribution in [0.15, 0.2) is 34.9 Å². The minimum atomic E-state index is -0.446. The summed E-state index contributed by atoms with van der Waals surface area (Å²) in [6.45, 7) is 0.402. The van der Waals surface area contributed by atoms with Crippen LogP contribution in [0, 0.1) is 11.3 Å². The monoisotopic (exact) mass is 256 g/mol. The Bertz CT molecular complexity index is 628. The van der Waals surface area contributed by atoms with Crippen LogP contribution >= 0.6 is 0 Å². The van der Waals surface area contributed by atoms with E-state index in [0.717, 1.165) is 0 Å². The number of nitriles is 1. The first kappa shape index (κ1) is 12.8. The van der Waals surface area contributed by atoms with Crippen molar-refractivity contribution in [2.45, 2.75) is 6.42 Å². The van der Waals surface area contributed by atoms with Crippen molar-refractivity contribution in [3.63, 3.8) is 0 Å². The van der Waals surface area contributed by atoms with E-state index in [1.54, 1.807) is 24.3 Å². The molecule has 6 nitrogen and oxygen atoms in total. The molecule has 0 atom stereocenters. The Balaban J connectivity index is 2.14. The van der Waals surface area contributed by atoms with Crippen molar-refractivity contribution >= 4 is 11.6 Å². The van der Waals surface area contributed by atoms with Crippen molar-refractivity contribution < 1.29 is 9.21 Å². The highest BCUT2D eigenvalue weighted by Crippen LogP contribution is 2.15. The summed E-state index contributed by atoms with van der Waals surface area (Å²) in [6.07, 6.45) is 1.82. The third-order valence-corrected chi connectivity index (χ3v) is 2.43. The SMILES string of the molecule is N#Cc1ccccc1NC(=O)c1cnc(CCN)o1. The lowest BCUT2D eigenvalue weighted by molar-refractivity contribution is 0.0995. The summed E-state index contributed by atoms with van der Waals surface area (Å²) < 4.78 is 5.25. The van der Waals surface area contributed by atoms with Crippen LogP contribution in [-0.2, 0) is 6.42 Å². The van der Waals surface area contributed by atoms with Crippen LogP contribution in [0.2, 0.25) is 0 Å². The van der Waals surface area contributed by atoms with Crippen LogP contribution in [-0.4, -0.2) is 17.4 Å². The lowest BCUT2D eigenvalue weighted by Crippen LogP contribution is -2.12. The van der Waals surface area contributed by atoms with Crippen LogP contribution < -0.4 is 11.1 Å². The molecule has 6 heteroatoms. The molecule has 96 valence electrons. The molecule has 1 amide bonds. The van der Waals surface area contributed by atoms with Crippen LogP contribution in [0.25, 0.3) is 0 Å². The summed E-state index contributed by atoms with van der Waals surface area (Å²) in [5, 5.41) is 11.5. The van der Waals surface area contributed by atoms with Crippen molar-refractivity contribution in [1.29, 1.82) is 5.26 Å². The van der Waals surface area contributed by atoms with Crippen molar-refractivity contribution in [2.75, 3.05) is 11.9 Å². The first-order valence-corrected chi connectivity index (χ1v) is 5.70. The Kier molecular flexibility index (Phi) is 3.90. The predicted octanol–water partition coefficient (Wildman–Crippen LogP) is 1.30. The normalized spacial score (nSPS) is 9.89. The van der Waals surface area contributed by atoms with Gasteiger partial charge in [-0.2, -0.15) is 5.26 Å². The number of amides is 1. The molecule has 0 bridgehead atoms. The molecule has 0 saturated heterocycles. The number of benzene rings is 1. The highest BCUT2D eigenvalue weighted by atomic mass is 16.4. The topological polar surface area (TPSA) is 105 Å². The van der Waals surface area contributed by atoms with Gasteiger partial charge in [-0.1, -0.05) is 12.1 Å². The fourth-order valence-electron chi connectivity index (χ4n) is 1.53. The Morgan fingerprint density at radius 3 is 3.00 bits per heavy atom. The number of aromatic nitrogens is 1. The summed E-state index contributed by atoms with van der Waals surface area (Å²) in [5.41, 5.74) is 6.19. The molecular formula is C13H12N4O2. The molecule has 2 aromatic rings. The van der Waals surface area contributed by atoms with Gasteiger partial charge < -0.3 is 15.5 Å². The molecular weight excluding hydrogens is 244 g/mol. The molecule has 2 rings (SSSR count). The maximum Gasteiger partial charge on any atom is 0.293 e. The zero-order valence-corrected chi connectivity index (χ0v) is 10.1. The quantitative estimate of drug-likeness (QED) is 0.857. The second-order valence-electron chi connectivity index (χ2n) is 3.77. The van der Waals surface area contributed by atoms with Gasteiger partial charge in [0.1, 0.15) is 6.07 Å². The number of anilines is 1. The molecule has 1 aromatic heterocycles. The van der Waals surface area contributed by atoms with E-state index in [9.17, 15) is 4.79 Å². The average molecular weight is 256 g/mol. The average Bonchev–Trinajstić information content (AvgIpc) is 2.88. The van der Waals surface area contributed by atoms with Crippen LogP contribution in [0.5, 0.6) is 0 Å². The van der Waals surface area contributed by atoms with Gasteiger partial charge in [-0.15, -0.1) is 0 Å². The van der Waals surface area contributed by atoms with Gasteiger partial charge in [-0.05, 0) is 12.1 Å². The molecule has 1 heterocycles. The van der Waals surface area contributed by atoms with E-state index in [0.29, 0.717) is 30.1 Å². The van der Waals surface area contributed by atoms with E-state index in [-0.39, 0.29) is 5.76 Å². The number of carbonyl (C=O) groups excluding carboxylic acids is 1. The van der Waals surface area contributed by atoms with Gasteiger partial charge in [0.15, 0.2) is 5.89 Å². The standard InChI is InChI=1S/C13H12N4O2/c14-6-5-12-16-8-11(19-12)13(18)17-10-4-2-1-3-9(10)7-15/h1-4,8H,5-6,14H2,(H,17,18). The fourth-order valence-corrected chi connectivity index (χ4v) is 1.53. The van der Waals surface area contributed by atoms with Gasteiger partial charge in [0, 0.05) is 13.0 Å². The predicted molar refractivity (Wildman–Crippen MR) is 68.4 cm³/mol. The van der Waals surface area contributed by atoms with E-state index >= 15 is 0 Å². The summed E-state index contributed by atoms with van der Waals surface area (Å²) in [5.74, 6) is 0.0656. The number of nitrogens with one attached hydrogen (secondary N) is 1. The molecule has 0 aliphatic rings. The van der Waals surface area contributed by atoms with Gasteiger partial charge in [-0.3, -0.25) is 4.79 Å². The van der Waals surface area contributed by atoms with Crippen LogP contribution in [0.3, 0.4) is 0 Å². The van der Waals surface area contributed by atoms with Crippen molar-refractivity contribution in [1.82, 2.24) is 4.98 Å². The Morgan fingerprint density at radius 2 is 2.26 bits per heavy atom. The molecule has 0 fully saturated rings. The molecule has 0 aliphatic heterocycles. The fraction of sp³-hybridized carbons (Fsp3) is 0.154. The highest BCUT2D eigenvalue weighted by Gasteiger charge is 2.13. The maximum atomic E-state index is 11.9. The minimum Gasteiger partial charge on any atom is -0.435 e. The van der Waals surface area contributed by atoms with E-state index in [4.69, 9.17) is 15.4 Å². The second kappa shape index (κ2) is 5.80. The molecule has 19 heavy (non-hydrogen) atoms. The highest BCUT2D eigenvalue weighted by molar-refractivity contribution is 6.02. The lowest BCUT2D eigenvalue weighted by Gasteiger charge is -2.04. The van der Waals surface area contributed by atoms with Crippen LogP contribution in [0.1, 0.15) is 22.0 Å². The molecule has 0 unspecified atom stereocenters. The largest absolute Gasteiger partial charge is 0.435 e. The molecule has 0 spiro atoms. The number of para-hydroxylation sites is 1. The molecule has 0 radical (unpaired) electrons. The number of oxazole rings is 1. The zero-order valence-electron chi connectivity index (χ0n) is 10.1. The van der Waals surface area contributed by atoms with E-state index in [2.05, 4.69) is 10.3 Å². The number of nitrogens with two attached hydrogens (primary N) is 1. The number of hydrogen-bond acceptors (Lipinski definition) is 5. The Labute approximate surface area is 109 Å². The van der Waals surface area contributed by atoms with E-state index in [1.165, 1.54) is 6.20 Å². The third-order valence-electron chi connectivity index (χ3n) is 2.43. The molecule has 1 aromatic carbocycles. The smallest absolute Gasteiger partial charge is 0.293 e. The zero-order chi connectivity index (χ0) is 13.7. The van der Waals surface area contributed by atoms with Crippen molar-refractivity contribution in [2.24, 2.45) is 5.73 Å². The Morgan fingerprint density at radius 1 is 1.47 bits per heavy atom. The summed E-state index contributed by atoms with van der Waals surface area (Å²) >= 11 is 0. The van der Waals surface area contributed by atoms with Gasteiger partial charge in [0.2, 0.25) is 5.76 Å². The minimum absolute atomic E-state index is 0.0937. The summed E-state index contributed by atoms with van der Waals surface area (Å²) in [4.78, 5) is 15.9. The molecule has 0 aliphatic carbocycles. The number of nitrogens with zero attached hydrogens (tertiary/aromatic N) is 2. The molecule has 0 saturated carbocycles. The third kappa shape index (κ3) is 2.97. The van der Waals surface area contributed by atoms with Crippen molar-refractivity contribution in [3.05, 3.63) is 47.7 Å². The molecule has 3 N–H and O–H groups in total. The Hall–Kier alpha value is -2.65. The van der Waals surface area contributed by atoms with E-state index < -0.39 is 5.91 Å². The first-order chi connectivity index (χ1) is 9.24. The van der Waals surface area contributed by atoms with Crippen molar-refractivity contribution in [3.8, 4) is 6.07 Å². The lowest BCUT2D eigenvalue weighted by atomic mass is 10.2. The summed E-state index contributed by atoms with van der Waals surface area (Å²) in [6, 6.07) is 8.72. The van der Waals surface area contributed by atoms with Crippen LogP contribution in [0.4, 0.5) is 5.69 Å². The van der Waals surface area contributed by atoms with Gasteiger partial charge in [0.05, 0.1) is 17.4 Å². The van der Waals surface area contributed by atoms with Gasteiger partial charge >= 0.3 is 0 Å². The number of carbonyl (C=O) groups is 1. The van der Waals surface area contributed by atoms with E-state index in [1.807, 2.05) is 6.07 Å². The van der Waals surface area contributed by atoms with Gasteiger partial charge in [-0.25, -0.2) is 4.98 Å². The first-order valence-electron chi connectivity index (χ1n) is 5.70. The van der Waals surface area contributed by atoms with Gasteiger partial charge in [0.25, 0.3) is 5.91 Å². The second-order valence-corrected chi connectivity index (χ2v) is 3.77.